The standard InChI is InChI=1S/C12H25N3O4/c1-9(2)10(11(16)17)14-12(18)13-5-6-15(3)7-8-19-4/h9-10H,5-8H2,1-4H3,(H,16,17)(H2,13,14,18)/t10-/m0/s1. The van der Waals surface area contributed by atoms with Crippen LogP contribution >= 0.6 is 0 Å². The molecule has 0 aromatic heterocycles. The van der Waals surface area contributed by atoms with Crippen molar-refractivity contribution in [2.75, 3.05) is 40.4 Å². The van der Waals surface area contributed by atoms with Gasteiger partial charge in [-0.2, -0.15) is 0 Å². The molecule has 112 valence electrons. The fourth-order valence-corrected chi connectivity index (χ4v) is 1.43. The summed E-state index contributed by atoms with van der Waals surface area (Å²) in [5, 5.41) is 14.0. The highest BCUT2D eigenvalue weighted by atomic mass is 16.5. The smallest absolute Gasteiger partial charge is 0.326 e. The monoisotopic (exact) mass is 275 g/mol. The van der Waals surface area contributed by atoms with E-state index in [-0.39, 0.29) is 5.92 Å². The van der Waals surface area contributed by atoms with Crippen molar-refractivity contribution in [3.63, 3.8) is 0 Å². The molecule has 0 spiro atoms. The molecule has 2 amide bonds. The first-order valence-corrected chi connectivity index (χ1v) is 6.33. The first-order valence-electron chi connectivity index (χ1n) is 6.33. The number of carboxylic acid groups (broad SMARTS) is 1. The Kier molecular flexibility index (Phi) is 8.90. The fraction of sp³-hybridized carbons (Fsp3) is 0.833. The van der Waals surface area contributed by atoms with Crippen LogP contribution in [0.25, 0.3) is 0 Å². The van der Waals surface area contributed by atoms with Gasteiger partial charge in [-0.25, -0.2) is 9.59 Å². The highest BCUT2D eigenvalue weighted by Gasteiger charge is 2.22. The van der Waals surface area contributed by atoms with Crippen LogP contribution in [-0.2, 0) is 9.53 Å². The van der Waals surface area contributed by atoms with Gasteiger partial charge in [-0.1, -0.05) is 13.8 Å². The number of aliphatic carboxylic acids is 1. The number of carbonyl (C=O) groups excluding carboxylic acids is 1. The molecule has 0 fully saturated rings. The zero-order valence-corrected chi connectivity index (χ0v) is 12.1. The Morgan fingerprint density at radius 1 is 1.32 bits per heavy atom. The number of carboxylic acids is 1. The van der Waals surface area contributed by atoms with E-state index in [0.717, 1.165) is 6.54 Å². The fourth-order valence-electron chi connectivity index (χ4n) is 1.43. The molecule has 0 aromatic carbocycles. The summed E-state index contributed by atoms with van der Waals surface area (Å²) in [7, 11) is 3.56. The molecule has 1 atom stereocenters. The lowest BCUT2D eigenvalue weighted by molar-refractivity contribution is -0.140. The van der Waals surface area contributed by atoms with Crippen molar-refractivity contribution in [2.45, 2.75) is 19.9 Å². The Hall–Kier alpha value is -1.34. The minimum absolute atomic E-state index is 0.160. The van der Waals surface area contributed by atoms with Gasteiger partial charge in [0.15, 0.2) is 0 Å². The lowest BCUT2D eigenvalue weighted by Gasteiger charge is -2.19. The maximum atomic E-state index is 11.5. The molecule has 3 N–H and O–H groups in total. The van der Waals surface area contributed by atoms with Crippen LogP contribution in [0, 0.1) is 5.92 Å². The number of hydrogen-bond donors (Lipinski definition) is 3. The third-order valence-corrected chi connectivity index (χ3v) is 2.68. The minimum Gasteiger partial charge on any atom is -0.480 e. The molecule has 0 heterocycles. The lowest BCUT2D eigenvalue weighted by Crippen LogP contribution is -2.49. The molecule has 0 saturated carbocycles. The van der Waals surface area contributed by atoms with E-state index in [4.69, 9.17) is 9.84 Å². The number of likely N-dealkylation sites (N-methyl/N-ethyl adjacent to an activating group) is 1. The number of amides is 2. The van der Waals surface area contributed by atoms with Crippen LogP contribution in [0.3, 0.4) is 0 Å². The summed E-state index contributed by atoms with van der Waals surface area (Å²) in [6, 6.07) is -1.33. The first kappa shape index (κ1) is 17.7. The maximum Gasteiger partial charge on any atom is 0.326 e. The zero-order chi connectivity index (χ0) is 14.8. The summed E-state index contributed by atoms with van der Waals surface area (Å²) in [6.07, 6.45) is 0. The molecule has 7 heteroatoms. The van der Waals surface area contributed by atoms with E-state index in [1.807, 2.05) is 11.9 Å². The molecule has 0 aliphatic heterocycles. The number of ether oxygens (including phenoxy) is 1. The van der Waals surface area contributed by atoms with Gasteiger partial charge in [-0.3, -0.25) is 0 Å². The molecule has 0 bridgehead atoms. The molecule has 0 radical (unpaired) electrons. The molecule has 19 heavy (non-hydrogen) atoms. The highest BCUT2D eigenvalue weighted by Crippen LogP contribution is 2.00. The van der Waals surface area contributed by atoms with Crippen LogP contribution in [0.4, 0.5) is 4.79 Å². The van der Waals surface area contributed by atoms with Crippen LogP contribution in [0.1, 0.15) is 13.8 Å². The van der Waals surface area contributed by atoms with Crippen molar-refractivity contribution in [1.82, 2.24) is 15.5 Å². The van der Waals surface area contributed by atoms with Crippen molar-refractivity contribution in [1.29, 1.82) is 0 Å². The Labute approximate surface area is 114 Å². The second-order valence-electron chi connectivity index (χ2n) is 4.76. The molecule has 0 aliphatic carbocycles. The maximum absolute atomic E-state index is 11.5. The van der Waals surface area contributed by atoms with Gasteiger partial charge >= 0.3 is 12.0 Å². The molecule has 0 aromatic rings. The quantitative estimate of drug-likeness (QED) is 0.550. The van der Waals surface area contributed by atoms with Crippen LogP contribution < -0.4 is 10.6 Å². The number of rotatable bonds is 9. The van der Waals surface area contributed by atoms with E-state index >= 15 is 0 Å². The predicted molar refractivity (Wildman–Crippen MR) is 72.2 cm³/mol. The summed E-state index contributed by atoms with van der Waals surface area (Å²) in [5.41, 5.74) is 0. The Morgan fingerprint density at radius 2 is 1.95 bits per heavy atom. The molecule has 0 aliphatic rings. The normalized spacial score (nSPS) is 12.5. The van der Waals surface area contributed by atoms with Gasteiger partial charge in [0.1, 0.15) is 6.04 Å². The minimum atomic E-state index is -1.03. The summed E-state index contributed by atoms with van der Waals surface area (Å²) in [4.78, 5) is 24.5. The third-order valence-electron chi connectivity index (χ3n) is 2.68. The second kappa shape index (κ2) is 9.57. The zero-order valence-electron chi connectivity index (χ0n) is 12.1. The van der Waals surface area contributed by atoms with E-state index in [1.165, 1.54) is 0 Å². The second-order valence-corrected chi connectivity index (χ2v) is 4.76. The molecule has 0 unspecified atom stereocenters. The van der Waals surface area contributed by atoms with Crippen molar-refractivity contribution in [2.24, 2.45) is 5.92 Å². The number of methoxy groups -OCH3 is 1. The number of hydrogen-bond acceptors (Lipinski definition) is 4. The van der Waals surface area contributed by atoms with Crippen LogP contribution in [0.5, 0.6) is 0 Å². The SMILES string of the molecule is COCCN(C)CCNC(=O)N[C@H](C(=O)O)C(C)C. The number of nitrogens with one attached hydrogen (secondary N) is 2. The summed E-state index contributed by atoms with van der Waals surface area (Å²) < 4.78 is 4.94. The van der Waals surface area contributed by atoms with Gasteiger partial charge in [0.05, 0.1) is 6.61 Å². The highest BCUT2D eigenvalue weighted by molar-refractivity contribution is 5.82. The third kappa shape index (κ3) is 8.39. The van der Waals surface area contributed by atoms with Gasteiger partial charge in [-0.05, 0) is 13.0 Å². The number of carbonyl (C=O) groups is 2. The van der Waals surface area contributed by atoms with Crippen molar-refractivity contribution < 1.29 is 19.4 Å². The van der Waals surface area contributed by atoms with Gasteiger partial charge in [-0.15, -0.1) is 0 Å². The average molecular weight is 275 g/mol. The van der Waals surface area contributed by atoms with Crippen LogP contribution in [-0.4, -0.2) is 68.4 Å². The van der Waals surface area contributed by atoms with Crippen molar-refractivity contribution in [3.8, 4) is 0 Å². The van der Waals surface area contributed by atoms with Gasteiger partial charge in [0, 0.05) is 26.7 Å². The van der Waals surface area contributed by atoms with Gasteiger partial charge < -0.3 is 25.4 Å². The lowest BCUT2D eigenvalue weighted by atomic mass is 10.1. The summed E-state index contributed by atoms with van der Waals surface area (Å²) in [6.45, 7) is 6.04. The van der Waals surface area contributed by atoms with E-state index < -0.39 is 18.0 Å². The topological polar surface area (TPSA) is 90.9 Å². The van der Waals surface area contributed by atoms with E-state index in [0.29, 0.717) is 19.7 Å². The summed E-state index contributed by atoms with van der Waals surface area (Å²) >= 11 is 0. The number of nitrogens with zero attached hydrogens (tertiary/aromatic N) is 1. The van der Waals surface area contributed by atoms with Gasteiger partial charge in [0.2, 0.25) is 0 Å². The number of urea groups is 1. The molecule has 0 rings (SSSR count). The van der Waals surface area contributed by atoms with E-state index in [2.05, 4.69) is 10.6 Å². The van der Waals surface area contributed by atoms with Crippen LogP contribution in [0.15, 0.2) is 0 Å². The molecular weight excluding hydrogens is 250 g/mol. The van der Waals surface area contributed by atoms with E-state index in [9.17, 15) is 9.59 Å². The summed E-state index contributed by atoms with van der Waals surface area (Å²) in [5.74, 6) is -1.19. The first-order chi connectivity index (χ1) is 8.88. The van der Waals surface area contributed by atoms with E-state index in [1.54, 1.807) is 21.0 Å². The Bertz CT molecular complexity index is 284. The Morgan fingerprint density at radius 3 is 2.42 bits per heavy atom. The van der Waals surface area contributed by atoms with Crippen LogP contribution in [0.2, 0.25) is 0 Å². The molecule has 0 saturated heterocycles. The Balaban J connectivity index is 3.89. The largest absolute Gasteiger partial charge is 0.480 e. The van der Waals surface area contributed by atoms with Crippen molar-refractivity contribution in [3.05, 3.63) is 0 Å². The van der Waals surface area contributed by atoms with Gasteiger partial charge in [0.25, 0.3) is 0 Å². The molecular formula is C12H25N3O4. The average Bonchev–Trinajstić information content (AvgIpc) is 2.32. The van der Waals surface area contributed by atoms with Crippen molar-refractivity contribution >= 4 is 12.0 Å². The molecule has 7 nitrogen and oxygen atoms in total. The predicted octanol–water partition coefficient (Wildman–Crippen LogP) is -0.0270.